The van der Waals surface area contributed by atoms with Gasteiger partial charge in [-0.15, -0.1) is 0 Å². The van der Waals surface area contributed by atoms with Crippen LogP contribution in [0.3, 0.4) is 0 Å². The molecule has 0 N–H and O–H groups in total. The molecule has 0 heterocycles. The van der Waals surface area contributed by atoms with Gasteiger partial charge in [0.25, 0.3) is 0 Å². The number of nitriles is 1. The summed E-state index contributed by atoms with van der Waals surface area (Å²) in [5.41, 5.74) is 1.32. The molecular formula is C12H15NO. The fraction of sp³-hybridized carbons (Fsp3) is 0.417. The van der Waals surface area contributed by atoms with Crippen LogP contribution < -0.4 is 0 Å². The number of hydrogen-bond donors (Lipinski definition) is 0. The molecule has 0 amide bonds. The number of benzene rings is 1. The summed E-state index contributed by atoms with van der Waals surface area (Å²) in [4.78, 5) is 0. The van der Waals surface area contributed by atoms with E-state index in [0.29, 0.717) is 0 Å². The van der Waals surface area contributed by atoms with Crippen molar-refractivity contribution in [2.24, 2.45) is 0 Å². The smallest absolute Gasteiger partial charge is 0.143 e. The van der Waals surface area contributed by atoms with Gasteiger partial charge in [-0.2, -0.15) is 5.26 Å². The minimum atomic E-state index is -0.251. The summed E-state index contributed by atoms with van der Waals surface area (Å²) in [7, 11) is 1.58. The summed E-state index contributed by atoms with van der Waals surface area (Å²) in [6.07, 6.45) is 2.57. The van der Waals surface area contributed by atoms with Crippen LogP contribution in [0, 0.1) is 11.3 Å². The van der Waals surface area contributed by atoms with Gasteiger partial charge in [-0.1, -0.05) is 30.3 Å². The maximum Gasteiger partial charge on any atom is 0.143 e. The van der Waals surface area contributed by atoms with E-state index in [1.165, 1.54) is 5.56 Å². The average Bonchev–Trinajstić information content (AvgIpc) is 2.26. The fourth-order valence-electron chi connectivity index (χ4n) is 1.37. The zero-order valence-corrected chi connectivity index (χ0v) is 8.44. The van der Waals surface area contributed by atoms with Crippen molar-refractivity contribution in [2.45, 2.75) is 25.4 Å². The number of ether oxygens (including phenoxy) is 1. The van der Waals surface area contributed by atoms with Gasteiger partial charge in [-0.05, 0) is 24.8 Å². The van der Waals surface area contributed by atoms with Gasteiger partial charge in [0, 0.05) is 7.11 Å². The lowest BCUT2D eigenvalue weighted by Crippen LogP contribution is -2.07. The van der Waals surface area contributed by atoms with Crippen molar-refractivity contribution in [2.75, 3.05) is 7.11 Å². The first-order valence-electron chi connectivity index (χ1n) is 4.83. The Balaban J connectivity index is 2.26. The number of nitrogens with zero attached hydrogens (tertiary/aromatic N) is 1. The van der Waals surface area contributed by atoms with Crippen LogP contribution in [0.1, 0.15) is 18.4 Å². The lowest BCUT2D eigenvalue weighted by atomic mass is 10.1. The minimum Gasteiger partial charge on any atom is -0.367 e. The summed E-state index contributed by atoms with van der Waals surface area (Å²) in [5, 5.41) is 8.65. The van der Waals surface area contributed by atoms with Gasteiger partial charge in [-0.3, -0.25) is 0 Å². The van der Waals surface area contributed by atoms with Gasteiger partial charge < -0.3 is 4.74 Å². The van der Waals surface area contributed by atoms with Crippen LogP contribution in [-0.2, 0) is 11.2 Å². The molecule has 0 aliphatic rings. The molecule has 1 aromatic rings. The van der Waals surface area contributed by atoms with E-state index in [1.54, 1.807) is 7.11 Å². The first-order chi connectivity index (χ1) is 6.86. The molecule has 2 heteroatoms. The summed E-state index contributed by atoms with van der Waals surface area (Å²) >= 11 is 0. The van der Waals surface area contributed by atoms with Crippen LogP contribution >= 0.6 is 0 Å². The Morgan fingerprint density at radius 3 is 2.64 bits per heavy atom. The Kier molecular flexibility index (Phi) is 4.74. The second-order valence-electron chi connectivity index (χ2n) is 3.23. The van der Waals surface area contributed by atoms with E-state index >= 15 is 0 Å². The van der Waals surface area contributed by atoms with E-state index in [0.717, 1.165) is 19.3 Å². The zero-order valence-electron chi connectivity index (χ0n) is 8.44. The third-order valence-electron chi connectivity index (χ3n) is 2.20. The quantitative estimate of drug-likeness (QED) is 0.713. The van der Waals surface area contributed by atoms with E-state index in [-0.39, 0.29) is 6.10 Å². The third kappa shape index (κ3) is 3.59. The van der Waals surface area contributed by atoms with E-state index < -0.39 is 0 Å². The lowest BCUT2D eigenvalue weighted by molar-refractivity contribution is 0.137. The zero-order chi connectivity index (χ0) is 10.2. The molecule has 1 unspecified atom stereocenters. The standard InChI is InChI=1S/C12H15NO/c1-14-12(10-13)9-5-8-11-6-3-2-4-7-11/h2-4,6-7,12H,5,8-9H2,1H3. The Hall–Kier alpha value is -1.33. The van der Waals surface area contributed by atoms with Crippen LogP contribution in [0.2, 0.25) is 0 Å². The highest BCUT2D eigenvalue weighted by atomic mass is 16.5. The Bertz CT molecular complexity index is 289. The summed E-state index contributed by atoms with van der Waals surface area (Å²) in [5.74, 6) is 0. The van der Waals surface area contributed by atoms with Gasteiger partial charge in [0.15, 0.2) is 0 Å². The van der Waals surface area contributed by atoms with Crippen molar-refractivity contribution in [3.8, 4) is 6.07 Å². The van der Waals surface area contributed by atoms with Crippen LogP contribution in [0.15, 0.2) is 30.3 Å². The van der Waals surface area contributed by atoms with Crippen molar-refractivity contribution in [3.63, 3.8) is 0 Å². The Labute approximate surface area is 85.1 Å². The van der Waals surface area contributed by atoms with E-state index in [4.69, 9.17) is 10.00 Å². The highest BCUT2D eigenvalue weighted by Gasteiger charge is 2.03. The van der Waals surface area contributed by atoms with Gasteiger partial charge in [-0.25, -0.2) is 0 Å². The molecule has 14 heavy (non-hydrogen) atoms. The predicted octanol–water partition coefficient (Wildman–Crippen LogP) is 2.55. The molecule has 0 saturated carbocycles. The topological polar surface area (TPSA) is 33.0 Å². The highest BCUT2D eigenvalue weighted by molar-refractivity contribution is 5.14. The maximum atomic E-state index is 8.65. The van der Waals surface area contributed by atoms with Crippen molar-refractivity contribution in [3.05, 3.63) is 35.9 Å². The molecule has 74 valence electrons. The molecule has 0 saturated heterocycles. The lowest BCUT2D eigenvalue weighted by Gasteiger charge is -2.05. The van der Waals surface area contributed by atoms with Crippen molar-refractivity contribution in [1.82, 2.24) is 0 Å². The molecule has 0 fully saturated rings. The predicted molar refractivity (Wildman–Crippen MR) is 55.8 cm³/mol. The molecule has 1 aromatic carbocycles. The highest BCUT2D eigenvalue weighted by Crippen LogP contribution is 2.07. The van der Waals surface area contributed by atoms with Crippen LogP contribution in [0.25, 0.3) is 0 Å². The molecule has 0 aliphatic heterocycles. The monoisotopic (exact) mass is 189 g/mol. The average molecular weight is 189 g/mol. The summed E-state index contributed by atoms with van der Waals surface area (Å²) in [6, 6.07) is 12.4. The second-order valence-corrected chi connectivity index (χ2v) is 3.23. The number of methoxy groups -OCH3 is 1. The number of hydrogen-bond acceptors (Lipinski definition) is 2. The fourth-order valence-corrected chi connectivity index (χ4v) is 1.37. The number of rotatable bonds is 5. The van der Waals surface area contributed by atoms with Crippen molar-refractivity contribution < 1.29 is 4.74 Å². The number of aryl methyl sites for hydroxylation is 1. The molecular weight excluding hydrogens is 174 g/mol. The third-order valence-corrected chi connectivity index (χ3v) is 2.20. The first kappa shape index (κ1) is 10.7. The molecule has 0 spiro atoms. The van der Waals surface area contributed by atoms with Gasteiger partial charge in [0.05, 0.1) is 6.07 Å². The van der Waals surface area contributed by atoms with Gasteiger partial charge in [0.2, 0.25) is 0 Å². The summed E-state index contributed by atoms with van der Waals surface area (Å²) in [6.45, 7) is 0. The van der Waals surface area contributed by atoms with Crippen LogP contribution in [0.4, 0.5) is 0 Å². The Morgan fingerprint density at radius 2 is 2.07 bits per heavy atom. The van der Waals surface area contributed by atoms with E-state index in [2.05, 4.69) is 18.2 Å². The van der Waals surface area contributed by atoms with E-state index in [9.17, 15) is 0 Å². The van der Waals surface area contributed by atoms with Crippen molar-refractivity contribution in [1.29, 1.82) is 5.26 Å². The normalized spacial score (nSPS) is 12.0. The molecule has 0 aliphatic carbocycles. The minimum absolute atomic E-state index is 0.251. The first-order valence-corrected chi connectivity index (χ1v) is 4.83. The van der Waals surface area contributed by atoms with Gasteiger partial charge >= 0.3 is 0 Å². The van der Waals surface area contributed by atoms with Crippen LogP contribution in [0.5, 0.6) is 0 Å². The molecule has 0 radical (unpaired) electrons. The molecule has 2 nitrogen and oxygen atoms in total. The van der Waals surface area contributed by atoms with Gasteiger partial charge in [0.1, 0.15) is 6.10 Å². The molecule has 1 rings (SSSR count). The van der Waals surface area contributed by atoms with Crippen LogP contribution in [-0.4, -0.2) is 13.2 Å². The molecule has 0 aromatic heterocycles. The van der Waals surface area contributed by atoms with E-state index in [1.807, 2.05) is 18.2 Å². The summed E-state index contributed by atoms with van der Waals surface area (Å²) < 4.78 is 4.98. The molecule has 1 atom stereocenters. The largest absolute Gasteiger partial charge is 0.367 e. The van der Waals surface area contributed by atoms with Crippen molar-refractivity contribution >= 4 is 0 Å². The SMILES string of the molecule is COC(C#N)CCCc1ccccc1. The second kappa shape index (κ2) is 6.17. The Morgan fingerprint density at radius 1 is 1.36 bits per heavy atom. The molecule has 0 bridgehead atoms. The maximum absolute atomic E-state index is 8.65.